The van der Waals surface area contributed by atoms with E-state index in [1.807, 2.05) is 6.07 Å². The lowest BCUT2D eigenvalue weighted by molar-refractivity contribution is 0.0766. The molecule has 1 amide bonds. The molecule has 2 aromatic rings. The summed E-state index contributed by atoms with van der Waals surface area (Å²) < 4.78 is 12.8. The lowest BCUT2D eigenvalue weighted by Crippen LogP contribution is -2.23. The van der Waals surface area contributed by atoms with Gasteiger partial charge in [0.2, 0.25) is 0 Å². The number of hydrogen-bond acceptors (Lipinski definition) is 2. The Bertz CT molecular complexity index is 595. The maximum atomic E-state index is 12.8. The minimum absolute atomic E-state index is 0.0116. The van der Waals surface area contributed by atoms with E-state index >= 15 is 0 Å². The van der Waals surface area contributed by atoms with Gasteiger partial charge in [0.25, 0.3) is 5.91 Å². The molecule has 1 aliphatic rings. The summed E-state index contributed by atoms with van der Waals surface area (Å²) in [7, 11) is 0. The van der Waals surface area contributed by atoms with Gasteiger partial charge in [-0.1, -0.05) is 12.1 Å². The summed E-state index contributed by atoms with van der Waals surface area (Å²) in [5.74, 6) is -0.276. The highest BCUT2D eigenvalue weighted by molar-refractivity contribution is 5.97. The highest BCUT2D eigenvalue weighted by Gasteiger charge is 2.26. The van der Waals surface area contributed by atoms with Crippen molar-refractivity contribution in [3.05, 3.63) is 65.2 Å². The zero-order valence-electron chi connectivity index (χ0n) is 9.64. The molecule has 0 radical (unpaired) electrons. The molecular formula is C14H11FN2O. The number of hydrogen-bond donors (Lipinski definition) is 0. The SMILES string of the molecule is O=C1c2cnccc2CN1Cc1ccc(F)cc1. The van der Waals surface area contributed by atoms with Gasteiger partial charge in [0.05, 0.1) is 5.56 Å². The van der Waals surface area contributed by atoms with Crippen molar-refractivity contribution in [3.63, 3.8) is 0 Å². The van der Waals surface area contributed by atoms with Crippen LogP contribution in [0.25, 0.3) is 0 Å². The largest absolute Gasteiger partial charge is 0.330 e. The minimum Gasteiger partial charge on any atom is -0.330 e. The smallest absolute Gasteiger partial charge is 0.256 e. The van der Waals surface area contributed by atoms with Crippen LogP contribution in [0, 0.1) is 5.82 Å². The van der Waals surface area contributed by atoms with Crippen LogP contribution < -0.4 is 0 Å². The summed E-state index contributed by atoms with van der Waals surface area (Å²) in [6.07, 6.45) is 3.29. The van der Waals surface area contributed by atoms with Crippen molar-refractivity contribution in [2.24, 2.45) is 0 Å². The van der Waals surface area contributed by atoms with Crippen molar-refractivity contribution in [2.45, 2.75) is 13.1 Å². The maximum Gasteiger partial charge on any atom is 0.256 e. The van der Waals surface area contributed by atoms with E-state index in [1.54, 1.807) is 29.4 Å². The van der Waals surface area contributed by atoms with Crippen LogP contribution in [0.4, 0.5) is 4.39 Å². The number of nitrogens with zero attached hydrogens (tertiary/aromatic N) is 2. The van der Waals surface area contributed by atoms with Gasteiger partial charge in [-0.25, -0.2) is 4.39 Å². The Hall–Kier alpha value is -2.23. The fourth-order valence-corrected chi connectivity index (χ4v) is 2.14. The van der Waals surface area contributed by atoms with Crippen molar-refractivity contribution >= 4 is 5.91 Å². The third-order valence-corrected chi connectivity index (χ3v) is 3.08. The summed E-state index contributed by atoms with van der Waals surface area (Å²) in [4.78, 5) is 17.8. The maximum absolute atomic E-state index is 12.8. The number of benzene rings is 1. The van der Waals surface area contributed by atoms with E-state index in [0.717, 1.165) is 11.1 Å². The van der Waals surface area contributed by atoms with E-state index in [-0.39, 0.29) is 11.7 Å². The summed E-state index contributed by atoms with van der Waals surface area (Å²) >= 11 is 0. The van der Waals surface area contributed by atoms with Gasteiger partial charge in [-0.3, -0.25) is 9.78 Å². The van der Waals surface area contributed by atoms with Gasteiger partial charge < -0.3 is 4.90 Å². The molecule has 0 bridgehead atoms. The van der Waals surface area contributed by atoms with Crippen LogP contribution in [-0.2, 0) is 13.1 Å². The number of carbonyl (C=O) groups excluding carboxylic acids is 1. The van der Waals surface area contributed by atoms with Gasteiger partial charge in [-0.15, -0.1) is 0 Å². The van der Waals surface area contributed by atoms with E-state index in [9.17, 15) is 9.18 Å². The Kier molecular flexibility index (Phi) is 2.55. The molecule has 0 fully saturated rings. The Labute approximate surface area is 104 Å². The topological polar surface area (TPSA) is 33.2 Å². The first-order chi connectivity index (χ1) is 8.74. The first-order valence-electron chi connectivity index (χ1n) is 5.70. The number of fused-ring (bicyclic) bond motifs is 1. The second-order valence-electron chi connectivity index (χ2n) is 4.32. The third-order valence-electron chi connectivity index (χ3n) is 3.08. The van der Waals surface area contributed by atoms with Crippen LogP contribution in [0.5, 0.6) is 0 Å². The lowest BCUT2D eigenvalue weighted by Gasteiger charge is -2.15. The predicted molar refractivity (Wildman–Crippen MR) is 64.2 cm³/mol. The van der Waals surface area contributed by atoms with Gasteiger partial charge in [0.15, 0.2) is 0 Å². The fourth-order valence-electron chi connectivity index (χ4n) is 2.14. The molecular weight excluding hydrogens is 231 g/mol. The summed E-state index contributed by atoms with van der Waals surface area (Å²) in [5, 5.41) is 0. The molecule has 0 saturated carbocycles. The van der Waals surface area contributed by atoms with E-state index in [2.05, 4.69) is 4.98 Å². The average Bonchev–Trinajstić information content (AvgIpc) is 2.70. The summed E-state index contributed by atoms with van der Waals surface area (Å²) in [6, 6.07) is 8.07. The highest BCUT2D eigenvalue weighted by Crippen LogP contribution is 2.23. The minimum atomic E-state index is -0.265. The number of halogens is 1. The van der Waals surface area contributed by atoms with Crippen LogP contribution in [0.1, 0.15) is 21.5 Å². The zero-order valence-corrected chi connectivity index (χ0v) is 9.64. The lowest BCUT2D eigenvalue weighted by atomic mass is 10.2. The Morgan fingerprint density at radius 3 is 2.72 bits per heavy atom. The number of amides is 1. The van der Waals surface area contributed by atoms with E-state index in [0.29, 0.717) is 18.7 Å². The monoisotopic (exact) mass is 242 g/mol. The Morgan fingerprint density at radius 1 is 1.22 bits per heavy atom. The van der Waals surface area contributed by atoms with Gasteiger partial charge in [0, 0.05) is 25.5 Å². The predicted octanol–water partition coefficient (Wildman–Crippen LogP) is 2.38. The molecule has 0 spiro atoms. The number of pyridine rings is 1. The molecule has 4 heteroatoms. The van der Waals surface area contributed by atoms with Crippen molar-refractivity contribution in [2.75, 3.05) is 0 Å². The van der Waals surface area contributed by atoms with Gasteiger partial charge in [-0.2, -0.15) is 0 Å². The van der Waals surface area contributed by atoms with E-state index in [4.69, 9.17) is 0 Å². The standard InChI is InChI=1S/C14H11FN2O/c15-12-3-1-10(2-4-12)8-17-9-11-5-6-16-7-13(11)14(17)18/h1-7H,8-9H2. The Balaban J connectivity index is 1.81. The highest BCUT2D eigenvalue weighted by atomic mass is 19.1. The number of rotatable bonds is 2. The number of aromatic nitrogens is 1. The van der Waals surface area contributed by atoms with Crippen molar-refractivity contribution in [1.82, 2.24) is 9.88 Å². The molecule has 0 atom stereocenters. The zero-order chi connectivity index (χ0) is 12.5. The number of carbonyl (C=O) groups is 1. The summed E-state index contributed by atoms with van der Waals surface area (Å²) in [6.45, 7) is 1.09. The van der Waals surface area contributed by atoms with E-state index < -0.39 is 0 Å². The van der Waals surface area contributed by atoms with Crippen molar-refractivity contribution < 1.29 is 9.18 Å². The third kappa shape index (κ3) is 1.86. The first-order valence-corrected chi connectivity index (χ1v) is 5.70. The molecule has 1 aromatic carbocycles. The Morgan fingerprint density at radius 2 is 2.00 bits per heavy atom. The van der Waals surface area contributed by atoms with Crippen LogP contribution in [0.15, 0.2) is 42.7 Å². The average molecular weight is 242 g/mol. The molecule has 0 saturated heterocycles. The fraction of sp³-hybridized carbons (Fsp3) is 0.143. The van der Waals surface area contributed by atoms with Gasteiger partial charge in [-0.05, 0) is 29.3 Å². The van der Waals surface area contributed by atoms with Crippen LogP contribution in [0.3, 0.4) is 0 Å². The molecule has 2 heterocycles. The normalized spacial score (nSPS) is 13.8. The molecule has 1 aliphatic heterocycles. The molecule has 3 rings (SSSR count). The molecule has 0 aliphatic carbocycles. The quantitative estimate of drug-likeness (QED) is 0.810. The van der Waals surface area contributed by atoms with Crippen LogP contribution in [0.2, 0.25) is 0 Å². The van der Waals surface area contributed by atoms with Gasteiger partial charge >= 0.3 is 0 Å². The molecule has 3 nitrogen and oxygen atoms in total. The molecule has 18 heavy (non-hydrogen) atoms. The first kappa shape index (κ1) is 10.9. The van der Waals surface area contributed by atoms with E-state index in [1.165, 1.54) is 12.1 Å². The second-order valence-corrected chi connectivity index (χ2v) is 4.32. The van der Waals surface area contributed by atoms with Crippen molar-refractivity contribution in [3.8, 4) is 0 Å². The molecule has 0 N–H and O–H groups in total. The van der Waals surface area contributed by atoms with Crippen LogP contribution in [-0.4, -0.2) is 15.8 Å². The van der Waals surface area contributed by atoms with Crippen LogP contribution >= 0.6 is 0 Å². The second kappa shape index (κ2) is 4.22. The van der Waals surface area contributed by atoms with Gasteiger partial charge in [0.1, 0.15) is 5.82 Å². The van der Waals surface area contributed by atoms with Crippen molar-refractivity contribution in [1.29, 1.82) is 0 Å². The molecule has 90 valence electrons. The molecule has 0 unspecified atom stereocenters. The summed E-state index contributed by atoms with van der Waals surface area (Å²) in [5.41, 5.74) is 2.59. The molecule has 1 aromatic heterocycles.